The minimum atomic E-state index is 0.0552. The number of pyridine rings is 1. The van der Waals surface area contributed by atoms with Crippen molar-refractivity contribution in [1.29, 1.82) is 5.26 Å². The van der Waals surface area contributed by atoms with Crippen molar-refractivity contribution in [3.8, 4) is 6.07 Å². The summed E-state index contributed by atoms with van der Waals surface area (Å²) in [5.74, 6) is 1.14. The van der Waals surface area contributed by atoms with Crippen LogP contribution in [0.2, 0.25) is 0 Å². The molecular formula is C14H18N4O. The van der Waals surface area contributed by atoms with E-state index in [9.17, 15) is 4.79 Å². The van der Waals surface area contributed by atoms with Gasteiger partial charge < -0.3 is 9.80 Å². The van der Waals surface area contributed by atoms with Gasteiger partial charge in [-0.2, -0.15) is 5.26 Å². The summed E-state index contributed by atoms with van der Waals surface area (Å²) in [5, 5.41) is 8.74. The van der Waals surface area contributed by atoms with E-state index in [1.165, 1.54) is 0 Å². The number of hydrogen-bond acceptors (Lipinski definition) is 4. The maximum Gasteiger partial charge on any atom is 0.225 e. The molecule has 0 bridgehead atoms. The predicted molar refractivity (Wildman–Crippen MR) is 72.6 cm³/mol. The highest BCUT2D eigenvalue weighted by atomic mass is 16.2. The molecule has 1 aliphatic heterocycles. The molecule has 100 valence electrons. The number of nitrogens with zero attached hydrogens (tertiary/aromatic N) is 4. The fourth-order valence-electron chi connectivity index (χ4n) is 2.16. The highest BCUT2D eigenvalue weighted by Crippen LogP contribution is 2.15. The molecule has 0 spiro atoms. The van der Waals surface area contributed by atoms with E-state index in [4.69, 9.17) is 5.26 Å². The van der Waals surface area contributed by atoms with Crippen molar-refractivity contribution in [2.45, 2.75) is 13.8 Å². The molecule has 0 saturated carbocycles. The molecule has 19 heavy (non-hydrogen) atoms. The van der Waals surface area contributed by atoms with Gasteiger partial charge in [-0.3, -0.25) is 4.79 Å². The number of anilines is 1. The molecule has 5 heteroatoms. The standard InChI is InChI=1S/C14H18N4O/c1-11(2)14(19)18-7-5-17(6-8-18)13-4-3-12(9-15)10-16-13/h3-4,10-11H,5-8H2,1-2H3. The zero-order valence-electron chi connectivity index (χ0n) is 11.3. The SMILES string of the molecule is CC(C)C(=O)N1CCN(c2ccc(C#N)cn2)CC1. The van der Waals surface area contributed by atoms with E-state index in [-0.39, 0.29) is 11.8 Å². The fraction of sp³-hybridized carbons (Fsp3) is 0.500. The van der Waals surface area contributed by atoms with Crippen LogP contribution in [0.4, 0.5) is 5.82 Å². The van der Waals surface area contributed by atoms with Crippen LogP contribution in [0.1, 0.15) is 19.4 Å². The Morgan fingerprint density at radius 2 is 2.00 bits per heavy atom. The number of carbonyl (C=O) groups is 1. The van der Waals surface area contributed by atoms with E-state index in [1.807, 2.05) is 24.8 Å². The van der Waals surface area contributed by atoms with Crippen LogP contribution in [-0.4, -0.2) is 42.0 Å². The third-order valence-corrected chi connectivity index (χ3v) is 3.29. The zero-order chi connectivity index (χ0) is 13.8. The molecule has 2 heterocycles. The number of amides is 1. The van der Waals surface area contributed by atoms with Crippen LogP contribution in [0.3, 0.4) is 0 Å². The molecule has 0 atom stereocenters. The first kappa shape index (κ1) is 13.3. The summed E-state index contributed by atoms with van der Waals surface area (Å²) >= 11 is 0. The molecular weight excluding hydrogens is 240 g/mol. The zero-order valence-corrected chi connectivity index (χ0v) is 11.3. The smallest absolute Gasteiger partial charge is 0.225 e. The second kappa shape index (κ2) is 5.70. The maximum atomic E-state index is 11.9. The van der Waals surface area contributed by atoms with Crippen LogP contribution in [-0.2, 0) is 4.79 Å². The molecule has 1 amide bonds. The van der Waals surface area contributed by atoms with E-state index in [0.29, 0.717) is 5.56 Å². The molecule has 2 rings (SSSR count). The van der Waals surface area contributed by atoms with Crippen molar-refractivity contribution in [2.75, 3.05) is 31.1 Å². The van der Waals surface area contributed by atoms with Gasteiger partial charge in [0.05, 0.1) is 5.56 Å². The Bertz CT molecular complexity index is 481. The van der Waals surface area contributed by atoms with Crippen LogP contribution in [0.5, 0.6) is 0 Å². The monoisotopic (exact) mass is 258 g/mol. The molecule has 1 fully saturated rings. The van der Waals surface area contributed by atoms with Gasteiger partial charge in [0, 0.05) is 38.3 Å². The summed E-state index contributed by atoms with van der Waals surface area (Å²) in [6.07, 6.45) is 1.58. The predicted octanol–water partition coefficient (Wildman–Crippen LogP) is 1.26. The quantitative estimate of drug-likeness (QED) is 0.801. The van der Waals surface area contributed by atoms with E-state index in [1.54, 1.807) is 12.3 Å². The lowest BCUT2D eigenvalue weighted by atomic mass is 10.1. The number of hydrogen-bond donors (Lipinski definition) is 0. The van der Waals surface area contributed by atoms with Crippen LogP contribution < -0.4 is 4.90 Å². The maximum absolute atomic E-state index is 11.9. The normalized spacial score (nSPS) is 15.5. The average molecular weight is 258 g/mol. The lowest BCUT2D eigenvalue weighted by Crippen LogP contribution is -2.50. The third-order valence-electron chi connectivity index (χ3n) is 3.29. The first-order valence-electron chi connectivity index (χ1n) is 6.51. The van der Waals surface area contributed by atoms with Gasteiger partial charge in [-0.15, -0.1) is 0 Å². The van der Waals surface area contributed by atoms with Gasteiger partial charge in [0.1, 0.15) is 11.9 Å². The molecule has 1 aromatic heterocycles. The van der Waals surface area contributed by atoms with Crippen LogP contribution in [0.15, 0.2) is 18.3 Å². The molecule has 1 saturated heterocycles. The Morgan fingerprint density at radius 3 is 2.47 bits per heavy atom. The minimum Gasteiger partial charge on any atom is -0.353 e. The largest absolute Gasteiger partial charge is 0.353 e. The number of nitriles is 1. The summed E-state index contributed by atoms with van der Waals surface area (Å²) in [6.45, 7) is 6.90. The summed E-state index contributed by atoms with van der Waals surface area (Å²) < 4.78 is 0. The Balaban J connectivity index is 1.96. The van der Waals surface area contributed by atoms with Gasteiger partial charge in [0.2, 0.25) is 5.91 Å². The van der Waals surface area contributed by atoms with Gasteiger partial charge in [-0.05, 0) is 12.1 Å². The molecule has 0 aromatic carbocycles. The van der Waals surface area contributed by atoms with Crippen molar-refractivity contribution in [3.05, 3.63) is 23.9 Å². The van der Waals surface area contributed by atoms with E-state index >= 15 is 0 Å². The topological polar surface area (TPSA) is 60.2 Å². The van der Waals surface area contributed by atoms with Crippen molar-refractivity contribution in [3.63, 3.8) is 0 Å². The van der Waals surface area contributed by atoms with Crippen molar-refractivity contribution < 1.29 is 4.79 Å². The molecule has 0 radical (unpaired) electrons. The minimum absolute atomic E-state index is 0.0552. The van der Waals surface area contributed by atoms with Gasteiger partial charge in [-0.1, -0.05) is 13.8 Å². The Labute approximate surface area is 113 Å². The Morgan fingerprint density at radius 1 is 1.32 bits per heavy atom. The number of piperazine rings is 1. The second-order valence-electron chi connectivity index (χ2n) is 4.98. The molecule has 1 aliphatic rings. The number of carbonyl (C=O) groups excluding carboxylic acids is 1. The Kier molecular flexibility index (Phi) is 4.00. The lowest BCUT2D eigenvalue weighted by molar-refractivity contribution is -0.134. The van der Waals surface area contributed by atoms with E-state index in [0.717, 1.165) is 32.0 Å². The van der Waals surface area contributed by atoms with E-state index < -0.39 is 0 Å². The van der Waals surface area contributed by atoms with Gasteiger partial charge in [-0.25, -0.2) is 4.98 Å². The highest BCUT2D eigenvalue weighted by molar-refractivity contribution is 5.78. The van der Waals surface area contributed by atoms with Crippen LogP contribution in [0.25, 0.3) is 0 Å². The van der Waals surface area contributed by atoms with Crippen molar-refractivity contribution in [1.82, 2.24) is 9.88 Å². The van der Waals surface area contributed by atoms with E-state index in [2.05, 4.69) is 16.0 Å². The van der Waals surface area contributed by atoms with Crippen molar-refractivity contribution >= 4 is 11.7 Å². The lowest BCUT2D eigenvalue weighted by Gasteiger charge is -2.36. The van der Waals surface area contributed by atoms with Crippen LogP contribution in [0, 0.1) is 17.2 Å². The molecule has 0 N–H and O–H groups in total. The summed E-state index contributed by atoms with van der Waals surface area (Å²) in [6, 6.07) is 5.69. The van der Waals surface area contributed by atoms with Crippen molar-refractivity contribution in [2.24, 2.45) is 5.92 Å². The van der Waals surface area contributed by atoms with Gasteiger partial charge in [0.15, 0.2) is 0 Å². The number of rotatable bonds is 2. The average Bonchev–Trinajstić information content (AvgIpc) is 2.46. The first-order valence-corrected chi connectivity index (χ1v) is 6.51. The number of aromatic nitrogens is 1. The molecule has 1 aromatic rings. The van der Waals surface area contributed by atoms with Gasteiger partial charge in [0.25, 0.3) is 0 Å². The highest BCUT2D eigenvalue weighted by Gasteiger charge is 2.23. The van der Waals surface area contributed by atoms with Gasteiger partial charge >= 0.3 is 0 Å². The third kappa shape index (κ3) is 3.02. The molecule has 0 aliphatic carbocycles. The molecule has 5 nitrogen and oxygen atoms in total. The summed E-state index contributed by atoms with van der Waals surface area (Å²) in [4.78, 5) is 20.2. The molecule has 0 unspecified atom stereocenters. The Hall–Kier alpha value is -2.09. The fourth-order valence-corrected chi connectivity index (χ4v) is 2.16. The summed E-state index contributed by atoms with van der Waals surface area (Å²) in [5.41, 5.74) is 0.567. The summed E-state index contributed by atoms with van der Waals surface area (Å²) in [7, 11) is 0. The van der Waals surface area contributed by atoms with Crippen LogP contribution >= 0.6 is 0 Å². The second-order valence-corrected chi connectivity index (χ2v) is 4.98. The first-order chi connectivity index (χ1) is 9.11.